The zero-order chi connectivity index (χ0) is 13.6. The van der Waals surface area contributed by atoms with Gasteiger partial charge in [-0.25, -0.2) is 0 Å². The molecule has 0 bridgehead atoms. The number of nitrogens with one attached hydrogen (secondary N) is 1. The fraction of sp³-hybridized carbons (Fsp3) is 0.286. The summed E-state index contributed by atoms with van der Waals surface area (Å²) in [5, 5.41) is 20.4. The largest absolute Gasteiger partial charge is 0.359 e. The second-order valence-electron chi connectivity index (χ2n) is 4.64. The first kappa shape index (κ1) is 14.2. The number of rotatable bonds is 3. The van der Waals surface area contributed by atoms with E-state index in [9.17, 15) is 0 Å². The smallest absolute Gasteiger partial charge is 0.145 e. The molecule has 1 aromatic rings. The Labute approximate surface area is 112 Å². The number of thioether (sulfide) groups is 1. The number of para-hydroxylation sites is 1. The van der Waals surface area contributed by atoms with Crippen LogP contribution in [0.2, 0.25) is 0 Å². The van der Waals surface area contributed by atoms with Crippen LogP contribution in [0.25, 0.3) is 0 Å². The van der Waals surface area contributed by atoms with Crippen molar-refractivity contribution in [1.29, 1.82) is 10.5 Å². The van der Waals surface area contributed by atoms with E-state index in [1.54, 1.807) is 11.8 Å². The summed E-state index contributed by atoms with van der Waals surface area (Å²) in [6.45, 7) is 6.42. The van der Waals surface area contributed by atoms with Crippen LogP contribution in [0.15, 0.2) is 40.9 Å². The topological polar surface area (TPSA) is 59.6 Å². The van der Waals surface area contributed by atoms with Crippen molar-refractivity contribution in [2.24, 2.45) is 0 Å². The summed E-state index contributed by atoms with van der Waals surface area (Å²) >= 11 is 1.74. The average molecular weight is 257 g/mol. The fourth-order valence-electron chi connectivity index (χ4n) is 1.24. The molecule has 0 radical (unpaired) electrons. The molecule has 0 saturated heterocycles. The van der Waals surface area contributed by atoms with Crippen molar-refractivity contribution in [3.8, 4) is 12.1 Å². The number of hydrogen-bond acceptors (Lipinski definition) is 4. The SMILES string of the molecule is CC(C)(C)Sc1ccccc1NC=C(C#N)C#N. The van der Waals surface area contributed by atoms with E-state index in [0.717, 1.165) is 10.6 Å². The van der Waals surface area contributed by atoms with Gasteiger partial charge in [0, 0.05) is 15.8 Å². The van der Waals surface area contributed by atoms with Gasteiger partial charge in [-0.1, -0.05) is 32.9 Å². The first-order valence-corrected chi connectivity index (χ1v) is 6.33. The van der Waals surface area contributed by atoms with Crippen molar-refractivity contribution < 1.29 is 0 Å². The number of nitriles is 2. The van der Waals surface area contributed by atoms with Gasteiger partial charge in [-0.2, -0.15) is 10.5 Å². The Balaban J connectivity index is 2.94. The number of anilines is 1. The van der Waals surface area contributed by atoms with Crippen molar-refractivity contribution in [2.45, 2.75) is 30.4 Å². The van der Waals surface area contributed by atoms with Gasteiger partial charge in [0.1, 0.15) is 17.7 Å². The van der Waals surface area contributed by atoms with Gasteiger partial charge in [-0.3, -0.25) is 0 Å². The minimum absolute atomic E-state index is 0.0607. The van der Waals surface area contributed by atoms with Crippen LogP contribution in [0.3, 0.4) is 0 Å². The molecule has 0 fully saturated rings. The van der Waals surface area contributed by atoms with Crippen molar-refractivity contribution >= 4 is 17.4 Å². The molecule has 0 saturated carbocycles. The highest BCUT2D eigenvalue weighted by Gasteiger charge is 2.14. The van der Waals surface area contributed by atoms with Gasteiger partial charge >= 0.3 is 0 Å². The van der Waals surface area contributed by atoms with E-state index in [1.165, 1.54) is 6.20 Å². The molecule has 4 heteroatoms. The normalized spacial score (nSPS) is 10.1. The number of benzene rings is 1. The van der Waals surface area contributed by atoms with Gasteiger partial charge in [0.2, 0.25) is 0 Å². The highest BCUT2D eigenvalue weighted by atomic mass is 32.2. The maximum absolute atomic E-state index is 8.67. The van der Waals surface area contributed by atoms with Crippen LogP contribution in [-0.2, 0) is 0 Å². The molecule has 1 aromatic carbocycles. The van der Waals surface area contributed by atoms with Crippen molar-refractivity contribution in [3.63, 3.8) is 0 Å². The number of allylic oxidation sites excluding steroid dienone is 1. The summed E-state index contributed by atoms with van der Waals surface area (Å²) in [5.41, 5.74) is 0.964. The Hall–Kier alpha value is -1.91. The van der Waals surface area contributed by atoms with Crippen LogP contribution < -0.4 is 5.32 Å². The predicted molar refractivity (Wildman–Crippen MR) is 75.0 cm³/mol. The molecule has 18 heavy (non-hydrogen) atoms. The minimum Gasteiger partial charge on any atom is -0.359 e. The van der Waals surface area contributed by atoms with Crippen LogP contribution in [0.5, 0.6) is 0 Å². The van der Waals surface area contributed by atoms with E-state index in [1.807, 2.05) is 36.4 Å². The van der Waals surface area contributed by atoms with Crippen molar-refractivity contribution in [3.05, 3.63) is 36.0 Å². The Bertz CT molecular complexity index is 511. The van der Waals surface area contributed by atoms with Gasteiger partial charge in [0.15, 0.2) is 0 Å². The maximum Gasteiger partial charge on any atom is 0.145 e. The van der Waals surface area contributed by atoms with Gasteiger partial charge in [0.25, 0.3) is 0 Å². The first-order chi connectivity index (χ1) is 8.46. The van der Waals surface area contributed by atoms with E-state index in [4.69, 9.17) is 10.5 Å². The molecule has 1 rings (SSSR count). The third-order valence-corrected chi connectivity index (χ3v) is 3.10. The van der Waals surface area contributed by atoms with Gasteiger partial charge in [-0.05, 0) is 12.1 Å². The average Bonchev–Trinajstić information content (AvgIpc) is 2.30. The summed E-state index contributed by atoms with van der Waals surface area (Å²) in [6, 6.07) is 11.5. The molecular formula is C14H15N3S. The molecule has 0 amide bonds. The molecule has 3 nitrogen and oxygen atoms in total. The van der Waals surface area contributed by atoms with Crippen LogP contribution in [-0.4, -0.2) is 4.75 Å². The van der Waals surface area contributed by atoms with Gasteiger partial charge in [-0.15, -0.1) is 11.8 Å². The second-order valence-corrected chi connectivity index (χ2v) is 6.51. The van der Waals surface area contributed by atoms with E-state index in [0.29, 0.717) is 0 Å². The lowest BCUT2D eigenvalue weighted by Crippen LogP contribution is -2.07. The zero-order valence-corrected chi connectivity index (χ0v) is 11.5. The third kappa shape index (κ3) is 4.53. The lowest BCUT2D eigenvalue weighted by Gasteiger charge is -2.19. The quantitative estimate of drug-likeness (QED) is 0.658. The molecule has 0 aliphatic rings. The lowest BCUT2D eigenvalue weighted by molar-refractivity contribution is 0.803. The molecular weight excluding hydrogens is 242 g/mol. The van der Waals surface area contributed by atoms with Crippen LogP contribution in [0, 0.1) is 22.7 Å². The van der Waals surface area contributed by atoms with Crippen molar-refractivity contribution in [2.75, 3.05) is 5.32 Å². The highest BCUT2D eigenvalue weighted by Crippen LogP contribution is 2.36. The van der Waals surface area contributed by atoms with E-state index < -0.39 is 0 Å². The molecule has 0 heterocycles. The Morgan fingerprint density at radius 2 is 1.83 bits per heavy atom. The lowest BCUT2D eigenvalue weighted by atomic mass is 10.3. The Morgan fingerprint density at radius 1 is 1.22 bits per heavy atom. The van der Waals surface area contributed by atoms with Gasteiger partial charge in [0.05, 0.1) is 5.69 Å². The number of nitrogens with zero attached hydrogens (tertiary/aromatic N) is 2. The minimum atomic E-state index is 0.0607. The molecule has 1 N–H and O–H groups in total. The van der Waals surface area contributed by atoms with E-state index in [-0.39, 0.29) is 10.3 Å². The first-order valence-electron chi connectivity index (χ1n) is 5.51. The molecule has 0 aliphatic heterocycles. The predicted octanol–water partition coefficient (Wildman–Crippen LogP) is 3.92. The third-order valence-electron chi connectivity index (χ3n) is 1.92. The summed E-state index contributed by atoms with van der Waals surface area (Å²) in [4.78, 5) is 1.09. The summed E-state index contributed by atoms with van der Waals surface area (Å²) in [5.74, 6) is 0. The molecule has 0 unspecified atom stereocenters. The van der Waals surface area contributed by atoms with Crippen LogP contribution >= 0.6 is 11.8 Å². The zero-order valence-electron chi connectivity index (χ0n) is 10.7. The van der Waals surface area contributed by atoms with Crippen LogP contribution in [0.4, 0.5) is 5.69 Å². The summed E-state index contributed by atoms with van der Waals surface area (Å²) in [7, 11) is 0. The van der Waals surface area contributed by atoms with Crippen molar-refractivity contribution in [1.82, 2.24) is 0 Å². The fourth-order valence-corrected chi connectivity index (χ4v) is 2.29. The van der Waals surface area contributed by atoms with E-state index in [2.05, 4.69) is 26.1 Å². The summed E-state index contributed by atoms with van der Waals surface area (Å²) < 4.78 is 0.106. The molecule has 0 aliphatic carbocycles. The van der Waals surface area contributed by atoms with Crippen LogP contribution in [0.1, 0.15) is 20.8 Å². The second kappa shape index (κ2) is 6.14. The number of hydrogen-bond donors (Lipinski definition) is 1. The van der Waals surface area contributed by atoms with E-state index >= 15 is 0 Å². The maximum atomic E-state index is 8.67. The molecule has 92 valence electrons. The van der Waals surface area contributed by atoms with Gasteiger partial charge < -0.3 is 5.32 Å². The monoisotopic (exact) mass is 257 g/mol. The Morgan fingerprint density at radius 3 is 2.39 bits per heavy atom. The molecule has 0 spiro atoms. The highest BCUT2D eigenvalue weighted by molar-refractivity contribution is 8.00. The molecule has 0 aromatic heterocycles. The summed E-state index contributed by atoms with van der Waals surface area (Å²) in [6.07, 6.45) is 1.43. The Kier molecular flexibility index (Phi) is 4.83. The standard InChI is InChI=1S/C14H15N3S/c1-14(2,3)18-13-7-5-4-6-12(13)17-10-11(8-15)9-16/h4-7,10,17H,1-3H3. The molecule has 0 atom stereocenters.